The number of carbonyl (C=O) groups is 1. The number of aliphatic hydroxyl groups is 1. The van der Waals surface area contributed by atoms with Gasteiger partial charge in [0.25, 0.3) is 0 Å². The minimum atomic E-state index is -0.685. The van der Waals surface area contributed by atoms with Crippen molar-refractivity contribution in [2.75, 3.05) is 30.4 Å². The molecule has 21 heavy (non-hydrogen) atoms. The molecule has 1 aromatic carbocycles. The monoisotopic (exact) mass is 289 g/mol. The summed E-state index contributed by atoms with van der Waals surface area (Å²) >= 11 is 0. The fourth-order valence-electron chi connectivity index (χ4n) is 3.04. The van der Waals surface area contributed by atoms with Crippen LogP contribution in [-0.2, 0) is 6.42 Å². The second-order valence-corrected chi connectivity index (χ2v) is 6.25. The van der Waals surface area contributed by atoms with Crippen LogP contribution in [0.25, 0.3) is 0 Å². The van der Waals surface area contributed by atoms with Gasteiger partial charge in [0.05, 0.1) is 5.60 Å². The first-order valence-corrected chi connectivity index (χ1v) is 7.67. The summed E-state index contributed by atoms with van der Waals surface area (Å²) in [5.74, 6) is 0. The van der Waals surface area contributed by atoms with E-state index in [4.69, 9.17) is 0 Å². The summed E-state index contributed by atoms with van der Waals surface area (Å²) in [6, 6.07) is 5.78. The van der Waals surface area contributed by atoms with Crippen LogP contribution in [0.15, 0.2) is 18.2 Å². The van der Waals surface area contributed by atoms with Crippen molar-refractivity contribution in [1.29, 1.82) is 0 Å². The summed E-state index contributed by atoms with van der Waals surface area (Å²) in [4.78, 5) is 14.1. The molecule has 3 N–H and O–H groups in total. The Morgan fingerprint density at radius 1 is 1.38 bits per heavy atom. The molecule has 2 aliphatic rings. The molecule has 1 saturated carbocycles. The minimum absolute atomic E-state index is 0.251. The number of hydrogen-bond donors (Lipinski definition) is 3. The number of anilines is 2. The number of hydrogen-bond acceptors (Lipinski definition) is 3. The smallest absolute Gasteiger partial charge is 0.319 e. The predicted molar refractivity (Wildman–Crippen MR) is 83.9 cm³/mol. The second-order valence-electron chi connectivity index (χ2n) is 6.25. The Morgan fingerprint density at radius 3 is 2.90 bits per heavy atom. The molecule has 1 aliphatic heterocycles. The molecule has 1 fully saturated rings. The number of urea groups is 1. The Kier molecular flexibility index (Phi) is 3.76. The first kappa shape index (κ1) is 14.2. The van der Waals surface area contributed by atoms with E-state index in [-0.39, 0.29) is 6.03 Å². The lowest BCUT2D eigenvalue weighted by Gasteiger charge is -2.36. The number of amides is 2. The summed E-state index contributed by atoms with van der Waals surface area (Å²) in [5, 5.41) is 15.6. The van der Waals surface area contributed by atoms with Crippen molar-refractivity contribution in [3.63, 3.8) is 0 Å². The summed E-state index contributed by atoms with van der Waals surface area (Å²) in [6.45, 7) is 1.41. The summed E-state index contributed by atoms with van der Waals surface area (Å²) in [5.41, 5.74) is 2.65. The van der Waals surface area contributed by atoms with Crippen molar-refractivity contribution in [1.82, 2.24) is 5.32 Å². The van der Waals surface area contributed by atoms with Crippen LogP contribution in [0.3, 0.4) is 0 Å². The van der Waals surface area contributed by atoms with Crippen LogP contribution in [0.1, 0.15) is 31.2 Å². The fourth-order valence-corrected chi connectivity index (χ4v) is 3.04. The summed E-state index contributed by atoms with van der Waals surface area (Å²) < 4.78 is 0. The van der Waals surface area contributed by atoms with Crippen LogP contribution in [-0.4, -0.2) is 36.9 Å². The SMILES string of the molecule is CN1CCCc2cc(NC(=O)NCC3(O)CCC3)ccc21. The number of aryl methyl sites for hydroxylation is 1. The number of fused-ring (bicyclic) bond motifs is 1. The van der Waals surface area contributed by atoms with E-state index in [1.54, 1.807) is 0 Å². The first-order valence-electron chi connectivity index (χ1n) is 7.67. The molecule has 0 aromatic heterocycles. The van der Waals surface area contributed by atoms with Gasteiger partial charge in [-0.2, -0.15) is 0 Å². The molecule has 3 rings (SSSR count). The Morgan fingerprint density at radius 2 is 2.19 bits per heavy atom. The highest BCUT2D eigenvalue weighted by Gasteiger charge is 2.34. The van der Waals surface area contributed by atoms with Crippen LogP contribution in [0.5, 0.6) is 0 Å². The van der Waals surface area contributed by atoms with Gasteiger partial charge in [0, 0.05) is 31.5 Å². The zero-order chi connectivity index (χ0) is 14.9. The lowest BCUT2D eigenvalue weighted by molar-refractivity contribution is -0.0287. The molecule has 114 valence electrons. The van der Waals surface area contributed by atoms with Crippen molar-refractivity contribution in [2.45, 2.75) is 37.7 Å². The summed E-state index contributed by atoms with van der Waals surface area (Å²) in [6.07, 6.45) is 4.79. The van der Waals surface area contributed by atoms with Gasteiger partial charge in [-0.25, -0.2) is 4.79 Å². The van der Waals surface area contributed by atoms with Gasteiger partial charge in [-0.05, 0) is 55.9 Å². The lowest BCUT2D eigenvalue weighted by atomic mass is 9.80. The average Bonchev–Trinajstić information content (AvgIpc) is 2.43. The maximum atomic E-state index is 11.9. The van der Waals surface area contributed by atoms with Crippen LogP contribution >= 0.6 is 0 Å². The topological polar surface area (TPSA) is 64.6 Å². The molecule has 1 aromatic rings. The van der Waals surface area contributed by atoms with E-state index >= 15 is 0 Å². The lowest BCUT2D eigenvalue weighted by Crippen LogP contribution is -2.48. The van der Waals surface area contributed by atoms with E-state index in [0.29, 0.717) is 6.54 Å². The molecule has 1 aliphatic carbocycles. The van der Waals surface area contributed by atoms with Crippen molar-refractivity contribution < 1.29 is 9.90 Å². The molecule has 0 unspecified atom stereocenters. The fraction of sp³-hybridized carbons (Fsp3) is 0.562. The standard InChI is InChI=1S/C16H23N3O2/c1-19-9-2-4-12-10-13(5-6-14(12)19)18-15(20)17-11-16(21)7-3-8-16/h5-6,10,21H,2-4,7-9,11H2,1H3,(H2,17,18,20). The van der Waals surface area contributed by atoms with Crippen molar-refractivity contribution >= 4 is 17.4 Å². The van der Waals surface area contributed by atoms with Gasteiger partial charge in [0.15, 0.2) is 0 Å². The highest BCUT2D eigenvalue weighted by atomic mass is 16.3. The molecular formula is C16H23N3O2. The molecule has 2 amide bonds. The van der Waals surface area contributed by atoms with E-state index in [2.05, 4.69) is 28.6 Å². The Bertz CT molecular complexity index is 540. The Labute approximate surface area is 125 Å². The second kappa shape index (κ2) is 5.56. The number of rotatable bonds is 3. The minimum Gasteiger partial charge on any atom is -0.388 e. The number of benzene rings is 1. The van der Waals surface area contributed by atoms with Gasteiger partial charge >= 0.3 is 6.03 Å². The summed E-state index contributed by atoms with van der Waals surface area (Å²) in [7, 11) is 2.09. The third kappa shape index (κ3) is 3.13. The third-order valence-electron chi connectivity index (χ3n) is 4.55. The van der Waals surface area contributed by atoms with E-state index in [0.717, 1.165) is 44.3 Å². The van der Waals surface area contributed by atoms with Crippen LogP contribution in [0, 0.1) is 0 Å². The van der Waals surface area contributed by atoms with E-state index < -0.39 is 5.60 Å². The molecule has 5 nitrogen and oxygen atoms in total. The number of carbonyl (C=O) groups excluding carboxylic acids is 1. The molecule has 0 radical (unpaired) electrons. The normalized spacial score (nSPS) is 19.4. The molecule has 0 atom stereocenters. The molecular weight excluding hydrogens is 266 g/mol. The van der Waals surface area contributed by atoms with Crippen LogP contribution < -0.4 is 15.5 Å². The van der Waals surface area contributed by atoms with E-state index in [1.807, 2.05) is 12.1 Å². The molecule has 5 heteroatoms. The largest absolute Gasteiger partial charge is 0.388 e. The maximum Gasteiger partial charge on any atom is 0.319 e. The van der Waals surface area contributed by atoms with Crippen LogP contribution in [0.2, 0.25) is 0 Å². The first-order chi connectivity index (χ1) is 10.1. The quantitative estimate of drug-likeness (QED) is 0.798. The Balaban J connectivity index is 1.58. The third-order valence-corrected chi connectivity index (χ3v) is 4.55. The molecule has 0 saturated heterocycles. The van der Waals surface area contributed by atoms with Crippen molar-refractivity contribution in [3.05, 3.63) is 23.8 Å². The zero-order valence-corrected chi connectivity index (χ0v) is 12.5. The predicted octanol–water partition coefficient (Wildman–Crippen LogP) is 2.11. The average molecular weight is 289 g/mol. The molecule has 1 heterocycles. The molecule has 0 spiro atoms. The van der Waals surface area contributed by atoms with E-state index in [9.17, 15) is 9.90 Å². The van der Waals surface area contributed by atoms with Crippen LogP contribution in [0.4, 0.5) is 16.2 Å². The van der Waals surface area contributed by atoms with E-state index in [1.165, 1.54) is 11.3 Å². The van der Waals surface area contributed by atoms with Crippen molar-refractivity contribution in [3.8, 4) is 0 Å². The highest BCUT2D eigenvalue weighted by Crippen LogP contribution is 2.31. The Hall–Kier alpha value is -1.75. The van der Waals surface area contributed by atoms with Crippen molar-refractivity contribution in [2.24, 2.45) is 0 Å². The van der Waals surface area contributed by atoms with Gasteiger partial charge in [-0.3, -0.25) is 0 Å². The number of nitrogens with zero attached hydrogens (tertiary/aromatic N) is 1. The molecule has 0 bridgehead atoms. The van der Waals surface area contributed by atoms with Gasteiger partial charge in [0.2, 0.25) is 0 Å². The maximum absolute atomic E-state index is 11.9. The van der Waals surface area contributed by atoms with Gasteiger partial charge in [-0.15, -0.1) is 0 Å². The number of nitrogens with one attached hydrogen (secondary N) is 2. The van der Waals surface area contributed by atoms with Gasteiger partial charge in [0.1, 0.15) is 0 Å². The van der Waals surface area contributed by atoms with Gasteiger partial charge in [-0.1, -0.05) is 0 Å². The zero-order valence-electron chi connectivity index (χ0n) is 12.5. The van der Waals surface area contributed by atoms with Gasteiger partial charge < -0.3 is 20.6 Å². The highest BCUT2D eigenvalue weighted by molar-refractivity contribution is 5.89.